The zero-order valence-corrected chi connectivity index (χ0v) is 19.9. The normalized spacial score (nSPS) is 15.1. The summed E-state index contributed by atoms with van der Waals surface area (Å²) in [6.45, 7) is 2.15. The van der Waals surface area contributed by atoms with E-state index in [2.05, 4.69) is 5.32 Å². The van der Waals surface area contributed by atoms with Gasteiger partial charge in [0.25, 0.3) is 0 Å². The summed E-state index contributed by atoms with van der Waals surface area (Å²) in [4.78, 5) is 28.0. The number of nitrogens with zero attached hydrogens (tertiary/aromatic N) is 1. The summed E-state index contributed by atoms with van der Waals surface area (Å²) in [5, 5.41) is 3.15. The molecule has 0 aromatic heterocycles. The molecule has 2 amide bonds. The molecule has 0 heterocycles. The molecule has 0 saturated heterocycles. The average Bonchev–Trinajstić information content (AvgIpc) is 2.82. The van der Waals surface area contributed by atoms with Crippen molar-refractivity contribution in [1.82, 2.24) is 10.2 Å². The van der Waals surface area contributed by atoms with Crippen LogP contribution in [0.3, 0.4) is 0 Å². The van der Waals surface area contributed by atoms with Gasteiger partial charge in [-0.15, -0.1) is 11.8 Å². The zero-order chi connectivity index (χ0) is 23.6. The van der Waals surface area contributed by atoms with Crippen LogP contribution in [0.2, 0.25) is 0 Å². The molecule has 1 aliphatic carbocycles. The summed E-state index contributed by atoms with van der Waals surface area (Å²) >= 11 is 1.43. The average molecular weight is 475 g/mol. The van der Waals surface area contributed by atoms with Crippen molar-refractivity contribution in [1.29, 1.82) is 0 Å². The Kier molecular flexibility index (Phi) is 9.73. The van der Waals surface area contributed by atoms with Gasteiger partial charge >= 0.3 is 0 Å². The molecule has 1 N–H and O–H groups in total. The molecule has 3 rings (SSSR count). The topological polar surface area (TPSA) is 49.4 Å². The van der Waals surface area contributed by atoms with Crippen molar-refractivity contribution < 1.29 is 18.4 Å². The number of carbonyl (C=O) groups excluding carboxylic acids is 2. The maximum absolute atomic E-state index is 13.4. The predicted molar refractivity (Wildman–Crippen MR) is 129 cm³/mol. The van der Waals surface area contributed by atoms with Crippen LogP contribution in [-0.2, 0) is 21.9 Å². The van der Waals surface area contributed by atoms with Crippen molar-refractivity contribution in [2.24, 2.45) is 0 Å². The SMILES string of the molecule is CC[C@@H](C(=O)NC1CCCCC1)N(Cc1ccc(F)cc1)C(=O)CSCc1ccc(F)cc1. The maximum atomic E-state index is 13.4. The number of nitrogens with one attached hydrogen (secondary N) is 1. The quantitative estimate of drug-likeness (QED) is 0.498. The van der Waals surface area contributed by atoms with E-state index in [1.165, 1.54) is 42.4 Å². The lowest BCUT2D eigenvalue weighted by Gasteiger charge is -2.32. The second-order valence-corrected chi connectivity index (χ2v) is 9.52. The first-order valence-electron chi connectivity index (χ1n) is 11.6. The Morgan fingerprint density at radius 3 is 2.12 bits per heavy atom. The van der Waals surface area contributed by atoms with Crippen LogP contribution in [0.15, 0.2) is 48.5 Å². The number of rotatable bonds is 10. The lowest BCUT2D eigenvalue weighted by atomic mass is 9.95. The van der Waals surface area contributed by atoms with Crippen LogP contribution in [0, 0.1) is 11.6 Å². The number of hydrogen-bond acceptors (Lipinski definition) is 3. The minimum atomic E-state index is -0.587. The molecule has 0 radical (unpaired) electrons. The van der Waals surface area contributed by atoms with E-state index in [1.807, 2.05) is 6.92 Å². The maximum Gasteiger partial charge on any atom is 0.243 e. The second-order valence-electron chi connectivity index (χ2n) is 8.53. The van der Waals surface area contributed by atoms with Crippen LogP contribution >= 0.6 is 11.8 Å². The zero-order valence-electron chi connectivity index (χ0n) is 19.1. The highest BCUT2D eigenvalue weighted by Gasteiger charge is 2.30. The van der Waals surface area contributed by atoms with E-state index in [0.29, 0.717) is 12.2 Å². The molecule has 2 aromatic rings. The molecule has 7 heteroatoms. The highest BCUT2D eigenvalue weighted by Crippen LogP contribution is 2.20. The molecule has 0 bridgehead atoms. The predicted octanol–water partition coefficient (Wildman–Crippen LogP) is 5.45. The largest absolute Gasteiger partial charge is 0.352 e. The summed E-state index contributed by atoms with van der Waals surface area (Å²) < 4.78 is 26.5. The highest BCUT2D eigenvalue weighted by molar-refractivity contribution is 7.99. The Bertz CT molecular complexity index is 900. The van der Waals surface area contributed by atoms with Gasteiger partial charge in [-0.3, -0.25) is 9.59 Å². The first-order valence-corrected chi connectivity index (χ1v) is 12.8. The Balaban J connectivity index is 1.68. The molecular weight excluding hydrogens is 442 g/mol. The highest BCUT2D eigenvalue weighted by atomic mass is 32.2. The Labute approximate surface area is 199 Å². The van der Waals surface area contributed by atoms with Crippen molar-refractivity contribution in [3.8, 4) is 0 Å². The van der Waals surface area contributed by atoms with Crippen molar-refractivity contribution >= 4 is 23.6 Å². The second kappa shape index (κ2) is 12.7. The van der Waals surface area contributed by atoms with E-state index < -0.39 is 6.04 Å². The van der Waals surface area contributed by atoms with Crippen molar-refractivity contribution in [3.63, 3.8) is 0 Å². The lowest BCUT2D eigenvalue weighted by Crippen LogP contribution is -2.52. The monoisotopic (exact) mass is 474 g/mol. The molecule has 0 aliphatic heterocycles. The third-order valence-electron chi connectivity index (χ3n) is 6.01. The van der Waals surface area contributed by atoms with Crippen molar-refractivity contribution in [2.75, 3.05) is 5.75 Å². The van der Waals surface area contributed by atoms with Gasteiger partial charge in [0.1, 0.15) is 17.7 Å². The van der Waals surface area contributed by atoms with Gasteiger partial charge in [-0.2, -0.15) is 0 Å². The van der Waals surface area contributed by atoms with Crippen LogP contribution in [0.1, 0.15) is 56.6 Å². The molecule has 0 spiro atoms. The Hall–Kier alpha value is -2.41. The molecule has 4 nitrogen and oxygen atoms in total. The Morgan fingerprint density at radius 2 is 1.55 bits per heavy atom. The lowest BCUT2D eigenvalue weighted by molar-refractivity contribution is -0.139. The van der Waals surface area contributed by atoms with Gasteiger partial charge in [0, 0.05) is 18.3 Å². The van der Waals surface area contributed by atoms with Crippen LogP contribution in [-0.4, -0.2) is 34.6 Å². The fourth-order valence-electron chi connectivity index (χ4n) is 4.17. The fraction of sp³-hybridized carbons (Fsp3) is 0.462. The standard InChI is InChI=1S/C26H32F2N2O2S/c1-2-24(26(32)29-23-6-4-3-5-7-23)30(16-19-8-12-21(27)13-9-19)25(31)18-33-17-20-10-14-22(28)15-11-20/h8-15,23-24H,2-7,16-18H2,1H3,(H,29,32)/t24-/m0/s1. The molecule has 0 unspecified atom stereocenters. The summed E-state index contributed by atoms with van der Waals surface area (Å²) in [6.07, 6.45) is 5.86. The summed E-state index contributed by atoms with van der Waals surface area (Å²) in [5.41, 5.74) is 1.71. The van der Waals surface area contributed by atoms with E-state index in [4.69, 9.17) is 0 Å². The third-order valence-corrected chi connectivity index (χ3v) is 7.00. The molecule has 1 saturated carbocycles. The van der Waals surface area contributed by atoms with Gasteiger partial charge in [0.05, 0.1) is 5.75 Å². The Morgan fingerprint density at radius 1 is 0.970 bits per heavy atom. The van der Waals surface area contributed by atoms with Gasteiger partial charge in [-0.25, -0.2) is 8.78 Å². The molecule has 2 aromatic carbocycles. The fourth-order valence-corrected chi connectivity index (χ4v) is 5.04. The number of hydrogen-bond donors (Lipinski definition) is 1. The minimum Gasteiger partial charge on any atom is -0.352 e. The molecule has 33 heavy (non-hydrogen) atoms. The minimum absolute atomic E-state index is 0.122. The molecule has 1 atom stereocenters. The third kappa shape index (κ3) is 7.84. The van der Waals surface area contributed by atoms with Gasteiger partial charge in [-0.1, -0.05) is 50.5 Å². The van der Waals surface area contributed by atoms with Crippen LogP contribution in [0.4, 0.5) is 8.78 Å². The molecule has 1 aliphatic rings. The molecular formula is C26H32F2N2O2S. The van der Waals surface area contributed by atoms with Crippen molar-refractivity contribution in [3.05, 3.63) is 71.3 Å². The number of benzene rings is 2. The van der Waals surface area contributed by atoms with Crippen LogP contribution in [0.25, 0.3) is 0 Å². The first kappa shape index (κ1) is 25.2. The van der Waals surface area contributed by atoms with Crippen molar-refractivity contribution in [2.45, 2.75) is 69.8 Å². The number of amides is 2. The molecule has 178 valence electrons. The van der Waals surface area contributed by atoms with Gasteiger partial charge < -0.3 is 10.2 Å². The van der Waals surface area contributed by atoms with Gasteiger partial charge in [0.15, 0.2) is 0 Å². The van der Waals surface area contributed by atoms with Crippen LogP contribution in [0.5, 0.6) is 0 Å². The summed E-state index contributed by atoms with van der Waals surface area (Å²) in [5.74, 6) is -0.123. The summed E-state index contributed by atoms with van der Waals surface area (Å²) in [7, 11) is 0. The number of thioether (sulfide) groups is 1. The van der Waals surface area contributed by atoms with Gasteiger partial charge in [0.2, 0.25) is 11.8 Å². The number of carbonyl (C=O) groups is 2. The number of halogens is 2. The summed E-state index contributed by atoms with van der Waals surface area (Å²) in [6, 6.07) is 11.8. The van der Waals surface area contributed by atoms with E-state index >= 15 is 0 Å². The van der Waals surface area contributed by atoms with Gasteiger partial charge in [-0.05, 0) is 54.7 Å². The van der Waals surface area contributed by atoms with E-state index in [0.717, 1.165) is 36.8 Å². The molecule has 1 fully saturated rings. The van der Waals surface area contributed by atoms with E-state index in [9.17, 15) is 18.4 Å². The first-order chi connectivity index (χ1) is 16.0. The van der Waals surface area contributed by atoms with E-state index in [-0.39, 0.29) is 41.8 Å². The van der Waals surface area contributed by atoms with E-state index in [1.54, 1.807) is 29.2 Å². The van der Waals surface area contributed by atoms with Crippen LogP contribution < -0.4 is 5.32 Å². The smallest absolute Gasteiger partial charge is 0.243 e.